The van der Waals surface area contributed by atoms with Gasteiger partial charge in [0.25, 0.3) is 0 Å². The summed E-state index contributed by atoms with van der Waals surface area (Å²) >= 11 is 6.01. The average Bonchev–Trinajstić information content (AvgIpc) is 2.48. The van der Waals surface area contributed by atoms with E-state index < -0.39 is 11.9 Å². The number of hydrogen-bond acceptors (Lipinski definition) is 6. The number of carbonyl (C=O) groups excluding carboxylic acids is 2. The van der Waals surface area contributed by atoms with Gasteiger partial charge in [0.1, 0.15) is 5.75 Å². The summed E-state index contributed by atoms with van der Waals surface area (Å²) in [6.45, 7) is 3.37. The van der Waals surface area contributed by atoms with Crippen LogP contribution in [0.25, 0.3) is 0 Å². The zero-order valence-electron chi connectivity index (χ0n) is 12.1. The number of halogens is 1. The topological polar surface area (TPSA) is 74.2 Å². The number of terminal acetylenes is 1. The van der Waals surface area contributed by atoms with Crippen molar-refractivity contribution in [1.29, 1.82) is 0 Å². The molecular weight excluding hydrogens is 310 g/mol. The van der Waals surface area contributed by atoms with Crippen molar-refractivity contribution < 1.29 is 23.9 Å². The smallest absolute Gasteiger partial charge is 0.422 e. The molecule has 0 aliphatic heterocycles. The molecule has 0 heterocycles. The van der Waals surface area contributed by atoms with Crippen LogP contribution < -0.4 is 4.74 Å². The molecule has 1 rings (SSSR count). The van der Waals surface area contributed by atoms with Crippen molar-refractivity contribution in [3.63, 3.8) is 0 Å². The molecule has 0 amide bonds. The first-order valence-corrected chi connectivity index (χ1v) is 6.65. The maximum absolute atomic E-state index is 11.6. The van der Waals surface area contributed by atoms with Crippen LogP contribution in [0.15, 0.2) is 17.3 Å². The van der Waals surface area contributed by atoms with Crippen LogP contribution >= 0.6 is 11.6 Å². The lowest BCUT2D eigenvalue weighted by Crippen LogP contribution is -2.23. The molecule has 1 aromatic carbocycles. The van der Waals surface area contributed by atoms with E-state index in [1.165, 1.54) is 18.3 Å². The Morgan fingerprint density at radius 3 is 2.77 bits per heavy atom. The lowest BCUT2D eigenvalue weighted by molar-refractivity contribution is -0.161. The molecular formula is C15H14ClNO5. The van der Waals surface area contributed by atoms with E-state index in [1.54, 1.807) is 13.8 Å². The van der Waals surface area contributed by atoms with Gasteiger partial charge < -0.3 is 14.3 Å². The Morgan fingerprint density at radius 2 is 2.14 bits per heavy atom. The van der Waals surface area contributed by atoms with E-state index in [9.17, 15) is 9.59 Å². The van der Waals surface area contributed by atoms with Crippen molar-refractivity contribution in [3.05, 3.63) is 28.3 Å². The highest BCUT2D eigenvalue weighted by Crippen LogP contribution is 2.26. The predicted octanol–water partition coefficient (Wildman–Crippen LogP) is 2.10. The number of nitrogens with zero attached hydrogens (tertiary/aromatic N) is 1. The Labute approximate surface area is 133 Å². The van der Waals surface area contributed by atoms with Gasteiger partial charge in [-0.05, 0) is 31.5 Å². The van der Waals surface area contributed by atoms with Gasteiger partial charge in [-0.25, -0.2) is 9.59 Å². The number of aryl methyl sites for hydroxylation is 1. The van der Waals surface area contributed by atoms with Crippen LogP contribution in [0, 0.1) is 19.3 Å². The number of hydrogen-bond donors (Lipinski definition) is 0. The van der Waals surface area contributed by atoms with Crippen molar-refractivity contribution in [1.82, 2.24) is 0 Å². The second kappa shape index (κ2) is 8.70. The van der Waals surface area contributed by atoms with Gasteiger partial charge in [-0.1, -0.05) is 22.7 Å². The van der Waals surface area contributed by atoms with E-state index in [0.717, 1.165) is 0 Å². The Bertz CT molecular complexity index is 634. The molecule has 0 N–H and O–H groups in total. The summed E-state index contributed by atoms with van der Waals surface area (Å²) in [6.07, 6.45) is 6.29. The summed E-state index contributed by atoms with van der Waals surface area (Å²) in [5, 5.41) is 4.06. The van der Waals surface area contributed by atoms with Crippen molar-refractivity contribution >= 4 is 29.8 Å². The van der Waals surface area contributed by atoms with Crippen molar-refractivity contribution in [2.24, 2.45) is 5.16 Å². The van der Waals surface area contributed by atoms with E-state index in [1.807, 2.05) is 0 Å². The molecule has 116 valence electrons. The molecule has 0 aromatic heterocycles. The van der Waals surface area contributed by atoms with Gasteiger partial charge in [-0.15, -0.1) is 6.42 Å². The second-order valence-corrected chi connectivity index (χ2v) is 4.37. The van der Waals surface area contributed by atoms with Crippen molar-refractivity contribution in [2.75, 3.05) is 13.2 Å². The van der Waals surface area contributed by atoms with Crippen LogP contribution in [0.4, 0.5) is 0 Å². The van der Waals surface area contributed by atoms with Gasteiger partial charge in [0, 0.05) is 10.6 Å². The molecule has 0 unspecified atom stereocenters. The van der Waals surface area contributed by atoms with E-state index >= 15 is 0 Å². The van der Waals surface area contributed by atoms with Gasteiger partial charge in [-0.3, -0.25) is 0 Å². The number of esters is 2. The Morgan fingerprint density at radius 1 is 1.41 bits per heavy atom. The first kappa shape index (κ1) is 17.5. The third-order valence-electron chi connectivity index (χ3n) is 2.35. The first-order chi connectivity index (χ1) is 10.5. The summed E-state index contributed by atoms with van der Waals surface area (Å²) < 4.78 is 9.56. The molecule has 1 aromatic rings. The molecule has 0 aliphatic carbocycles. The Kier molecular flexibility index (Phi) is 6.93. The lowest BCUT2D eigenvalue weighted by atomic mass is 10.1. The second-order valence-electron chi connectivity index (χ2n) is 3.96. The van der Waals surface area contributed by atoms with Gasteiger partial charge in [0.15, 0.2) is 6.61 Å². The molecule has 22 heavy (non-hydrogen) atoms. The highest BCUT2D eigenvalue weighted by molar-refractivity contribution is 6.32. The highest BCUT2D eigenvalue weighted by atomic mass is 35.5. The minimum atomic E-state index is -1.14. The molecule has 6 nitrogen and oxygen atoms in total. The predicted molar refractivity (Wildman–Crippen MR) is 80.8 cm³/mol. The Hall–Kier alpha value is -2.52. The van der Waals surface area contributed by atoms with Crippen LogP contribution in [0.5, 0.6) is 5.75 Å². The summed E-state index contributed by atoms with van der Waals surface area (Å²) in [4.78, 5) is 27.7. The third kappa shape index (κ3) is 5.11. The largest absolute Gasteiger partial charge is 0.458 e. The van der Waals surface area contributed by atoms with Crippen LogP contribution in [0.3, 0.4) is 0 Å². The quantitative estimate of drug-likeness (QED) is 0.158. The molecule has 0 saturated carbocycles. The van der Waals surface area contributed by atoms with Crippen LogP contribution in [0.1, 0.15) is 18.1 Å². The van der Waals surface area contributed by atoms with Crippen molar-refractivity contribution in [2.45, 2.75) is 13.8 Å². The van der Waals surface area contributed by atoms with E-state index in [4.69, 9.17) is 27.6 Å². The fourth-order valence-electron chi connectivity index (χ4n) is 1.36. The van der Waals surface area contributed by atoms with Gasteiger partial charge in [0.05, 0.1) is 12.8 Å². The molecule has 7 heteroatoms. The number of oxime groups is 1. The van der Waals surface area contributed by atoms with Crippen LogP contribution in [0.2, 0.25) is 5.02 Å². The maximum atomic E-state index is 11.6. The third-order valence-corrected chi connectivity index (χ3v) is 2.76. The SMILES string of the molecule is C#CCO/N=C/c1cc(Cl)c(C)cc1OC(=O)C(=O)OCC. The normalized spacial score (nSPS) is 10.1. The number of rotatable bonds is 5. The van der Waals surface area contributed by atoms with Crippen LogP contribution in [-0.2, 0) is 19.2 Å². The van der Waals surface area contributed by atoms with Crippen LogP contribution in [-0.4, -0.2) is 31.4 Å². The molecule has 0 fully saturated rings. The van der Waals surface area contributed by atoms with E-state index in [-0.39, 0.29) is 19.0 Å². The molecule has 0 spiro atoms. The zero-order chi connectivity index (χ0) is 16.5. The Balaban J connectivity index is 2.99. The lowest BCUT2D eigenvalue weighted by Gasteiger charge is -2.09. The summed E-state index contributed by atoms with van der Waals surface area (Å²) in [5.74, 6) is 0.128. The fourth-order valence-corrected chi connectivity index (χ4v) is 1.53. The van der Waals surface area contributed by atoms with Crippen molar-refractivity contribution in [3.8, 4) is 18.1 Å². The summed E-state index contributed by atoms with van der Waals surface area (Å²) in [5.41, 5.74) is 1.01. The molecule has 0 atom stereocenters. The fraction of sp³-hybridized carbons (Fsp3) is 0.267. The van der Waals surface area contributed by atoms with Gasteiger partial charge in [0.2, 0.25) is 0 Å². The van der Waals surface area contributed by atoms with E-state index in [0.29, 0.717) is 16.1 Å². The minimum Gasteiger partial charge on any atom is -0.458 e. The molecule has 0 radical (unpaired) electrons. The standard InChI is InChI=1S/C15H14ClNO5/c1-4-6-21-17-9-11-8-12(16)10(3)7-13(11)22-15(19)14(18)20-5-2/h1,7-9H,5-6H2,2-3H3/b17-9+. The number of ether oxygens (including phenoxy) is 2. The van der Waals surface area contributed by atoms with Gasteiger partial charge in [-0.2, -0.15) is 0 Å². The maximum Gasteiger partial charge on any atom is 0.422 e. The molecule has 0 saturated heterocycles. The first-order valence-electron chi connectivity index (χ1n) is 6.27. The summed E-state index contributed by atoms with van der Waals surface area (Å²) in [7, 11) is 0. The zero-order valence-corrected chi connectivity index (χ0v) is 12.8. The van der Waals surface area contributed by atoms with Gasteiger partial charge >= 0.3 is 11.9 Å². The average molecular weight is 324 g/mol. The van der Waals surface area contributed by atoms with E-state index in [2.05, 4.69) is 15.8 Å². The number of carbonyl (C=O) groups is 2. The molecule has 0 aliphatic rings. The molecule has 0 bridgehead atoms. The monoisotopic (exact) mass is 323 g/mol. The number of benzene rings is 1. The summed E-state index contributed by atoms with van der Waals surface area (Å²) in [6, 6.07) is 3.02. The minimum absolute atomic E-state index is 0.00591. The highest BCUT2D eigenvalue weighted by Gasteiger charge is 2.19.